The molecule has 29 heavy (non-hydrogen) atoms. The Morgan fingerprint density at radius 1 is 1.17 bits per heavy atom. The first-order valence-corrected chi connectivity index (χ1v) is 10.6. The lowest BCUT2D eigenvalue weighted by Crippen LogP contribution is -2.60. The van der Waals surface area contributed by atoms with Gasteiger partial charge in [-0.05, 0) is 67.5 Å². The van der Waals surface area contributed by atoms with Gasteiger partial charge in [0.15, 0.2) is 0 Å². The molecule has 1 aliphatic heterocycles. The van der Waals surface area contributed by atoms with Crippen molar-refractivity contribution in [3.8, 4) is 0 Å². The van der Waals surface area contributed by atoms with Gasteiger partial charge in [0.25, 0.3) is 5.91 Å². The summed E-state index contributed by atoms with van der Waals surface area (Å²) >= 11 is 6.15. The number of benzene rings is 2. The number of fused-ring (bicyclic) bond motifs is 1. The van der Waals surface area contributed by atoms with Crippen LogP contribution in [0.5, 0.6) is 0 Å². The highest BCUT2D eigenvalue weighted by atomic mass is 35.5. The van der Waals surface area contributed by atoms with Crippen molar-refractivity contribution >= 4 is 29.1 Å². The molecule has 2 fully saturated rings. The Hall–Kier alpha value is -2.37. The highest BCUT2D eigenvalue weighted by Crippen LogP contribution is 2.35. The summed E-state index contributed by atoms with van der Waals surface area (Å²) in [6.45, 7) is 1.93. The van der Waals surface area contributed by atoms with Crippen molar-refractivity contribution < 1.29 is 9.59 Å². The van der Waals surface area contributed by atoms with Gasteiger partial charge in [0.2, 0.25) is 5.91 Å². The number of rotatable bonds is 4. The van der Waals surface area contributed by atoms with E-state index in [1.165, 1.54) is 6.42 Å². The average molecular weight is 412 g/mol. The smallest absolute Gasteiger partial charge is 0.255 e. The average Bonchev–Trinajstić information content (AvgIpc) is 2.73. The van der Waals surface area contributed by atoms with E-state index < -0.39 is 0 Å². The van der Waals surface area contributed by atoms with E-state index in [-0.39, 0.29) is 23.8 Å². The van der Waals surface area contributed by atoms with Gasteiger partial charge in [0, 0.05) is 28.2 Å². The fraction of sp³-hybridized carbons (Fsp3) is 0.391. The van der Waals surface area contributed by atoms with E-state index in [9.17, 15) is 9.59 Å². The van der Waals surface area contributed by atoms with Crippen LogP contribution in [0.3, 0.4) is 0 Å². The minimum absolute atomic E-state index is 0.104. The van der Waals surface area contributed by atoms with E-state index in [4.69, 9.17) is 11.6 Å². The van der Waals surface area contributed by atoms with Crippen molar-refractivity contribution in [3.05, 3.63) is 64.2 Å². The molecule has 1 aliphatic carbocycles. The summed E-state index contributed by atoms with van der Waals surface area (Å²) in [7, 11) is 0. The van der Waals surface area contributed by atoms with Crippen LogP contribution in [-0.4, -0.2) is 17.9 Å². The number of hydrogen-bond acceptors (Lipinski definition) is 3. The summed E-state index contributed by atoms with van der Waals surface area (Å²) in [6.07, 6.45) is 5.12. The Kier molecular flexibility index (Phi) is 5.88. The second kappa shape index (κ2) is 8.56. The van der Waals surface area contributed by atoms with Crippen LogP contribution < -0.4 is 16.2 Å². The molecule has 4 rings (SSSR count). The van der Waals surface area contributed by atoms with Crippen molar-refractivity contribution in [3.63, 3.8) is 0 Å². The summed E-state index contributed by atoms with van der Waals surface area (Å²) in [6, 6.07) is 13.4. The van der Waals surface area contributed by atoms with E-state index in [0.717, 1.165) is 36.8 Å². The SMILES string of the molecule is Cc1ccc(NC(=O)c2cccc(CC3NNC(=O)C4CCCCC34)c2)cc1Cl. The largest absolute Gasteiger partial charge is 0.322 e. The lowest BCUT2D eigenvalue weighted by Gasteiger charge is -2.41. The highest BCUT2D eigenvalue weighted by Gasteiger charge is 2.39. The number of hydrazine groups is 1. The predicted octanol–water partition coefficient (Wildman–Crippen LogP) is 4.25. The molecule has 3 atom stereocenters. The van der Waals surface area contributed by atoms with E-state index in [0.29, 0.717) is 22.2 Å². The van der Waals surface area contributed by atoms with Crippen molar-refractivity contribution in [2.45, 2.75) is 45.1 Å². The van der Waals surface area contributed by atoms with Crippen LogP contribution in [0.2, 0.25) is 5.02 Å². The summed E-state index contributed by atoms with van der Waals surface area (Å²) < 4.78 is 0. The number of halogens is 1. The molecule has 2 amide bonds. The highest BCUT2D eigenvalue weighted by molar-refractivity contribution is 6.31. The second-order valence-corrected chi connectivity index (χ2v) is 8.52. The zero-order chi connectivity index (χ0) is 20.4. The van der Waals surface area contributed by atoms with Crippen LogP contribution in [-0.2, 0) is 11.2 Å². The van der Waals surface area contributed by atoms with E-state index in [1.54, 1.807) is 6.07 Å². The standard InChI is InChI=1S/C23H26ClN3O2/c1-14-9-10-17(13-20(14)24)25-22(28)16-6-4-5-15(11-16)12-21-18-7-2-3-8-19(18)23(29)27-26-21/h4-6,9-11,13,18-19,21,26H,2-3,7-8,12H2,1H3,(H,25,28)(H,27,29). The summed E-state index contributed by atoms with van der Waals surface area (Å²) in [4.78, 5) is 24.9. The molecule has 2 aromatic rings. The van der Waals surface area contributed by atoms with E-state index in [2.05, 4.69) is 16.2 Å². The quantitative estimate of drug-likeness (QED) is 0.704. The number of carbonyl (C=O) groups is 2. The van der Waals surface area contributed by atoms with Gasteiger partial charge in [-0.2, -0.15) is 0 Å². The monoisotopic (exact) mass is 411 g/mol. The molecule has 3 unspecified atom stereocenters. The zero-order valence-corrected chi connectivity index (χ0v) is 17.3. The minimum Gasteiger partial charge on any atom is -0.322 e. The Balaban J connectivity index is 1.46. The summed E-state index contributed by atoms with van der Waals surface area (Å²) in [5, 5.41) is 3.54. The van der Waals surface area contributed by atoms with Crippen LogP contribution in [0.15, 0.2) is 42.5 Å². The predicted molar refractivity (Wildman–Crippen MR) is 115 cm³/mol. The first-order chi connectivity index (χ1) is 14.0. The van der Waals surface area contributed by atoms with Crippen molar-refractivity contribution in [1.29, 1.82) is 0 Å². The van der Waals surface area contributed by atoms with Crippen molar-refractivity contribution in [2.75, 3.05) is 5.32 Å². The first kappa shape index (κ1) is 19.9. The Morgan fingerprint density at radius 3 is 2.83 bits per heavy atom. The lowest BCUT2D eigenvalue weighted by atomic mass is 9.72. The summed E-state index contributed by atoms with van der Waals surface area (Å²) in [5.41, 5.74) is 9.39. The number of carbonyl (C=O) groups excluding carboxylic acids is 2. The molecule has 2 aromatic carbocycles. The zero-order valence-electron chi connectivity index (χ0n) is 16.5. The number of nitrogens with one attached hydrogen (secondary N) is 3. The van der Waals surface area contributed by atoms with Crippen LogP contribution in [0.4, 0.5) is 5.69 Å². The number of anilines is 1. The van der Waals surface area contributed by atoms with E-state index in [1.807, 2.05) is 43.3 Å². The third kappa shape index (κ3) is 4.46. The Labute approximate surface area is 176 Å². The summed E-state index contributed by atoms with van der Waals surface area (Å²) in [5.74, 6) is 0.417. The fourth-order valence-electron chi connectivity index (χ4n) is 4.50. The van der Waals surface area contributed by atoms with Gasteiger partial charge >= 0.3 is 0 Å². The first-order valence-electron chi connectivity index (χ1n) is 10.2. The molecule has 3 N–H and O–H groups in total. The number of hydrogen-bond donors (Lipinski definition) is 3. The van der Waals surface area contributed by atoms with Gasteiger partial charge in [-0.3, -0.25) is 15.0 Å². The molecular weight excluding hydrogens is 386 g/mol. The Morgan fingerprint density at radius 2 is 2.00 bits per heavy atom. The maximum atomic E-state index is 12.7. The van der Waals surface area contributed by atoms with Crippen molar-refractivity contribution in [2.24, 2.45) is 11.8 Å². The van der Waals surface area contributed by atoms with Gasteiger partial charge < -0.3 is 5.32 Å². The third-order valence-corrected chi connectivity index (χ3v) is 6.54. The molecular formula is C23H26ClN3O2. The van der Waals surface area contributed by atoms with Gasteiger partial charge in [0.1, 0.15) is 0 Å². The molecule has 1 saturated carbocycles. The lowest BCUT2D eigenvalue weighted by molar-refractivity contribution is -0.133. The second-order valence-electron chi connectivity index (χ2n) is 8.12. The van der Waals surface area contributed by atoms with Gasteiger partial charge in [0.05, 0.1) is 0 Å². The third-order valence-electron chi connectivity index (χ3n) is 6.13. The minimum atomic E-state index is -0.160. The molecule has 5 nitrogen and oxygen atoms in total. The van der Waals surface area contributed by atoms with E-state index >= 15 is 0 Å². The Bertz CT molecular complexity index is 930. The molecule has 1 heterocycles. The van der Waals surface area contributed by atoms with Gasteiger partial charge in [-0.25, -0.2) is 5.43 Å². The van der Waals surface area contributed by atoms with Crippen molar-refractivity contribution in [1.82, 2.24) is 10.9 Å². The molecule has 6 heteroatoms. The fourth-order valence-corrected chi connectivity index (χ4v) is 4.68. The maximum absolute atomic E-state index is 12.7. The van der Waals surface area contributed by atoms with Gasteiger partial charge in [-0.15, -0.1) is 0 Å². The van der Waals surface area contributed by atoms with Gasteiger partial charge in [-0.1, -0.05) is 42.6 Å². The molecule has 0 radical (unpaired) electrons. The molecule has 1 saturated heterocycles. The van der Waals surface area contributed by atoms with Crippen LogP contribution in [0.1, 0.15) is 47.2 Å². The topological polar surface area (TPSA) is 70.2 Å². The van der Waals surface area contributed by atoms with Crippen LogP contribution >= 0.6 is 11.6 Å². The number of amides is 2. The molecule has 0 bridgehead atoms. The molecule has 0 aromatic heterocycles. The number of aryl methyl sites for hydroxylation is 1. The normalized spacial score (nSPS) is 23.8. The van der Waals surface area contributed by atoms with Crippen LogP contribution in [0.25, 0.3) is 0 Å². The molecule has 2 aliphatic rings. The van der Waals surface area contributed by atoms with Crippen LogP contribution in [0, 0.1) is 18.8 Å². The molecule has 0 spiro atoms. The molecule has 152 valence electrons. The maximum Gasteiger partial charge on any atom is 0.255 e.